The zero-order valence-corrected chi connectivity index (χ0v) is 14.6. The van der Waals surface area contributed by atoms with E-state index in [0.29, 0.717) is 6.54 Å². The summed E-state index contributed by atoms with van der Waals surface area (Å²) < 4.78 is 6.98. The average molecular weight is 330 g/mol. The maximum atomic E-state index is 5.25. The summed E-state index contributed by atoms with van der Waals surface area (Å²) in [4.78, 5) is 8.72. The van der Waals surface area contributed by atoms with Gasteiger partial charge in [0.25, 0.3) is 0 Å². The molecule has 2 aromatic rings. The van der Waals surface area contributed by atoms with Crippen molar-refractivity contribution in [1.29, 1.82) is 0 Å². The van der Waals surface area contributed by atoms with E-state index in [2.05, 4.69) is 44.8 Å². The molecule has 0 saturated heterocycles. The lowest BCUT2D eigenvalue weighted by Crippen LogP contribution is -2.38. The van der Waals surface area contributed by atoms with E-state index in [-0.39, 0.29) is 0 Å². The number of hydrogen-bond donors (Lipinski definition) is 2. The van der Waals surface area contributed by atoms with Crippen molar-refractivity contribution in [2.24, 2.45) is 12.0 Å². The molecule has 0 aliphatic rings. The van der Waals surface area contributed by atoms with Crippen molar-refractivity contribution in [3.63, 3.8) is 0 Å². The molecule has 0 fully saturated rings. The van der Waals surface area contributed by atoms with E-state index in [1.165, 1.54) is 5.56 Å². The van der Waals surface area contributed by atoms with Gasteiger partial charge in [0.05, 0.1) is 7.11 Å². The molecule has 0 atom stereocenters. The highest BCUT2D eigenvalue weighted by atomic mass is 16.5. The van der Waals surface area contributed by atoms with E-state index in [9.17, 15) is 0 Å². The van der Waals surface area contributed by atoms with Gasteiger partial charge in [0.1, 0.15) is 24.4 Å². The van der Waals surface area contributed by atoms with Crippen molar-refractivity contribution in [3.05, 3.63) is 42.0 Å². The maximum absolute atomic E-state index is 5.25. The Morgan fingerprint density at radius 2 is 2.21 bits per heavy atom. The number of benzene rings is 1. The summed E-state index contributed by atoms with van der Waals surface area (Å²) in [5.41, 5.74) is 1.28. The molecule has 130 valence electrons. The Morgan fingerprint density at radius 1 is 1.33 bits per heavy atom. The van der Waals surface area contributed by atoms with Crippen molar-refractivity contribution >= 4 is 5.96 Å². The third-order valence-electron chi connectivity index (χ3n) is 3.60. The van der Waals surface area contributed by atoms with Gasteiger partial charge in [-0.15, -0.1) is 0 Å². The first kappa shape index (κ1) is 17.8. The number of nitrogens with zero attached hydrogens (tertiary/aromatic N) is 4. The average Bonchev–Trinajstić information content (AvgIpc) is 3.01. The first-order chi connectivity index (χ1) is 11.7. The molecule has 0 aliphatic heterocycles. The Kier molecular flexibility index (Phi) is 7.07. The zero-order valence-electron chi connectivity index (χ0n) is 14.6. The van der Waals surface area contributed by atoms with Gasteiger partial charge in [-0.1, -0.05) is 12.1 Å². The number of aliphatic imine (C=N–C) groups is 1. The second kappa shape index (κ2) is 9.54. The molecule has 0 saturated carbocycles. The van der Waals surface area contributed by atoms with Crippen LogP contribution in [0.15, 0.2) is 35.6 Å². The van der Waals surface area contributed by atoms with Crippen LogP contribution in [0.3, 0.4) is 0 Å². The monoisotopic (exact) mass is 330 g/mol. The van der Waals surface area contributed by atoms with Crippen LogP contribution in [0.1, 0.15) is 24.7 Å². The van der Waals surface area contributed by atoms with Crippen LogP contribution in [-0.2, 0) is 20.0 Å². The van der Waals surface area contributed by atoms with Crippen LogP contribution >= 0.6 is 0 Å². The van der Waals surface area contributed by atoms with Crippen LogP contribution in [0.25, 0.3) is 0 Å². The topological polar surface area (TPSA) is 76.4 Å². The smallest absolute Gasteiger partial charge is 0.191 e. The Bertz CT molecular complexity index is 652. The molecule has 0 bridgehead atoms. The molecule has 2 rings (SSSR count). The van der Waals surface area contributed by atoms with Gasteiger partial charge in [-0.3, -0.25) is 4.68 Å². The summed E-state index contributed by atoms with van der Waals surface area (Å²) in [6, 6.07) is 8.18. The fourth-order valence-corrected chi connectivity index (χ4v) is 2.28. The molecule has 24 heavy (non-hydrogen) atoms. The van der Waals surface area contributed by atoms with Gasteiger partial charge in [0, 0.05) is 20.1 Å². The molecular weight excluding hydrogens is 304 g/mol. The predicted octanol–water partition coefficient (Wildman–Crippen LogP) is 1.51. The highest BCUT2D eigenvalue weighted by Crippen LogP contribution is 2.13. The summed E-state index contributed by atoms with van der Waals surface area (Å²) in [6.07, 6.45) is 3.55. The van der Waals surface area contributed by atoms with Crippen molar-refractivity contribution in [3.8, 4) is 5.75 Å². The summed E-state index contributed by atoms with van der Waals surface area (Å²) in [5, 5.41) is 10.6. The number of nitrogens with one attached hydrogen (secondary N) is 2. The number of rotatable bonds is 8. The van der Waals surface area contributed by atoms with Gasteiger partial charge in [-0.05, 0) is 37.5 Å². The molecule has 7 heteroatoms. The molecule has 2 N–H and O–H groups in total. The number of ether oxygens (including phenoxy) is 1. The molecule has 0 aliphatic carbocycles. The molecule has 7 nitrogen and oxygen atoms in total. The molecule has 0 spiro atoms. The molecule has 1 heterocycles. The highest BCUT2D eigenvalue weighted by molar-refractivity contribution is 5.79. The Morgan fingerprint density at radius 3 is 2.92 bits per heavy atom. The van der Waals surface area contributed by atoms with Gasteiger partial charge < -0.3 is 15.4 Å². The van der Waals surface area contributed by atoms with Crippen LogP contribution in [0.5, 0.6) is 5.75 Å². The summed E-state index contributed by atoms with van der Waals surface area (Å²) in [5.74, 6) is 2.54. The molecule has 0 amide bonds. The number of methoxy groups -OCH3 is 1. The van der Waals surface area contributed by atoms with Crippen LogP contribution < -0.4 is 15.4 Å². The van der Waals surface area contributed by atoms with E-state index in [4.69, 9.17) is 4.74 Å². The van der Waals surface area contributed by atoms with E-state index >= 15 is 0 Å². The lowest BCUT2D eigenvalue weighted by Gasteiger charge is -2.11. The van der Waals surface area contributed by atoms with Crippen LogP contribution in [0.4, 0.5) is 0 Å². The second-order valence-electron chi connectivity index (χ2n) is 5.38. The molecule has 0 unspecified atom stereocenters. The van der Waals surface area contributed by atoms with Crippen molar-refractivity contribution in [2.75, 3.05) is 20.2 Å². The van der Waals surface area contributed by atoms with Gasteiger partial charge >= 0.3 is 0 Å². The number of guanidine groups is 1. The Balaban J connectivity index is 1.79. The quantitative estimate of drug-likeness (QED) is 0.436. The van der Waals surface area contributed by atoms with E-state index in [0.717, 1.165) is 43.5 Å². The zero-order chi connectivity index (χ0) is 17.2. The SMILES string of the molecule is CCNC(=NCc1ncnn1C)NCCCc1cccc(OC)c1. The minimum atomic E-state index is 0.502. The van der Waals surface area contributed by atoms with Crippen molar-refractivity contribution in [1.82, 2.24) is 25.4 Å². The van der Waals surface area contributed by atoms with Crippen molar-refractivity contribution < 1.29 is 4.74 Å². The third kappa shape index (κ3) is 5.57. The van der Waals surface area contributed by atoms with E-state index < -0.39 is 0 Å². The van der Waals surface area contributed by atoms with E-state index in [1.807, 2.05) is 19.2 Å². The maximum Gasteiger partial charge on any atom is 0.191 e. The van der Waals surface area contributed by atoms with Crippen molar-refractivity contribution in [2.45, 2.75) is 26.3 Å². The summed E-state index contributed by atoms with van der Waals surface area (Å²) in [7, 11) is 3.56. The molecule has 0 radical (unpaired) electrons. The summed E-state index contributed by atoms with van der Waals surface area (Å²) >= 11 is 0. The fraction of sp³-hybridized carbons (Fsp3) is 0.471. The molecule has 1 aromatic heterocycles. The van der Waals surface area contributed by atoms with Gasteiger partial charge in [-0.2, -0.15) is 5.10 Å². The number of aryl methyl sites for hydroxylation is 2. The third-order valence-corrected chi connectivity index (χ3v) is 3.60. The minimum Gasteiger partial charge on any atom is -0.497 e. The number of hydrogen-bond acceptors (Lipinski definition) is 4. The predicted molar refractivity (Wildman–Crippen MR) is 95.1 cm³/mol. The largest absolute Gasteiger partial charge is 0.497 e. The van der Waals surface area contributed by atoms with E-state index in [1.54, 1.807) is 18.1 Å². The Labute approximate surface area is 143 Å². The van der Waals surface area contributed by atoms with Gasteiger partial charge in [0.15, 0.2) is 5.96 Å². The standard InChI is InChI=1S/C17H26N6O/c1-4-18-17(20-12-16-21-13-22-23(16)2)19-10-6-8-14-7-5-9-15(11-14)24-3/h5,7,9,11,13H,4,6,8,10,12H2,1-3H3,(H2,18,19,20). The Hall–Kier alpha value is -2.57. The number of aromatic nitrogens is 3. The lowest BCUT2D eigenvalue weighted by atomic mass is 10.1. The van der Waals surface area contributed by atoms with Gasteiger partial charge in [0.2, 0.25) is 0 Å². The fourth-order valence-electron chi connectivity index (χ4n) is 2.28. The van der Waals surface area contributed by atoms with Gasteiger partial charge in [-0.25, -0.2) is 9.98 Å². The van der Waals surface area contributed by atoms with Crippen LogP contribution in [-0.4, -0.2) is 40.9 Å². The van der Waals surface area contributed by atoms with Crippen LogP contribution in [0.2, 0.25) is 0 Å². The minimum absolute atomic E-state index is 0.502. The molecule has 1 aromatic carbocycles. The lowest BCUT2D eigenvalue weighted by molar-refractivity contribution is 0.414. The first-order valence-electron chi connectivity index (χ1n) is 8.21. The molecular formula is C17H26N6O. The first-order valence-corrected chi connectivity index (χ1v) is 8.21. The summed E-state index contributed by atoms with van der Waals surface area (Å²) in [6.45, 7) is 4.22. The highest BCUT2D eigenvalue weighted by Gasteiger charge is 2.02. The second-order valence-corrected chi connectivity index (χ2v) is 5.38. The normalized spacial score (nSPS) is 11.4. The van der Waals surface area contributed by atoms with Crippen LogP contribution in [0, 0.1) is 0 Å².